The zero-order valence-corrected chi connectivity index (χ0v) is 19.1. The molecular formula is C21H21BrN2O3S2. The topological polar surface area (TPSA) is 59.5 Å². The van der Waals surface area contributed by atoms with Crippen LogP contribution in [0.1, 0.15) is 12.8 Å². The first-order chi connectivity index (χ1) is 14.0. The zero-order chi connectivity index (χ0) is 20.4. The van der Waals surface area contributed by atoms with Gasteiger partial charge in [-0.1, -0.05) is 15.9 Å². The van der Waals surface area contributed by atoms with Crippen LogP contribution in [0.5, 0.6) is 5.75 Å². The Balaban J connectivity index is 1.43. The number of nitrogens with zero attached hydrogens (tertiary/aromatic N) is 2. The first-order valence-corrected chi connectivity index (χ1v) is 12.5. The lowest BCUT2D eigenvalue weighted by molar-refractivity contribution is 0.415. The number of halogens is 1. The molecule has 1 aromatic heterocycles. The molecule has 1 saturated heterocycles. The molecule has 29 heavy (non-hydrogen) atoms. The molecule has 3 aromatic rings. The summed E-state index contributed by atoms with van der Waals surface area (Å²) < 4.78 is 31.9. The molecule has 152 valence electrons. The highest BCUT2D eigenvalue weighted by atomic mass is 79.9. The van der Waals surface area contributed by atoms with Crippen LogP contribution in [0.2, 0.25) is 0 Å². The summed E-state index contributed by atoms with van der Waals surface area (Å²) in [6.45, 7) is 1.38. The molecule has 1 aliphatic heterocycles. The second kappa shape index (κ2) is 8.45. The zero-order valence-electron chi connectivity index (χ0n) is 15.9. The van der Waals surface area contributed by atoms with Crippen molar-refractivity contribution in [2.45, 2.75) is 23.0 Å². The van der Waals surface area contributed by atoms with E-state index in [1.54, 1.807) is 42.7 Å². The van der Waals surface area contributed by atoms with Crippen molar-refractivity contribution >= 4 is 42.2 Å². The number of hydrogen-bond acceptors (Lipinski definition) is 6. The van der Waals surface area contributed by atoms with Crippen molar-refractivity contribution in [3.05, 3.63) is 58.4 Å². The monoisotopic (exact) mass is 492 g/mol. The van der Waals surface area contributed by atoms with Crippen LogP contribution in [0.3, 0.4) is 0 Å². The normalized spacial score (nSPS) is 15.4. The molecule has 0 N–H and O–H groups in total. The summed E-state index contributed by atoms with van der Waals surface area (Å²) in [4.78, 5) is 7.35. The summed E-state index contributed by atoms with van der Waals surface area (Å²) in [7, 11) is -1.66. The van der Waals surface area contributed by atoms with Crippen molar-refractivity contribution in [3.63, 3.8) is 0 Å². The molecule has 0 bridgehead atoms. The van der Waals surface area contributed by atoms with Crippen LogP contribution in [-0.4, -0.2) is 38.9 Å². The van der Waals surface area contributed by atoms with Gasteiger partial charge in [0.05, 0.1) is 22.9 Å². The van der Waals surface area contributed by atoms with E-state index in [2.05, 4.69) is 20.8 Å². The van der Waals surface area contributed by atoms with Gasteiger partial charge in [-0.15, -0.1) is 11.3 Å². The fourth-order valence-electron chi connectivity index (χ4n) is 3.48. The summed E-state index contributed by atoms with van der Waals surface area (Å²) in [6.07, 6.45) is 1.21. The molecule has 0 saturated carbocycles. The molecular weight excluding hydrogens is 472 g/mol. The number of ether oxygens (including phenoxy) is 1. The van der Waals surface area contributed by atoms with E-state index < -0.39 is 9.84 Å². The van der Waals surface area contributed by atoms with Gasteiger partial charge >= 0.3 is 0 Å². The minimum Gasteiger partial charge on any atom is -0.497 e. The third-order valence-corrected chi connectivity index (χ3v) is 8.88. The van der Waals surface area contributed by atoms with Crippen LogP contribution in [0, 0.1) is 0 Å². The van der Waals surface area contributed by atoms with E-state index >= 15 is 0 Å². The van der Waals surface area contributed by atoms with E-state index in [0.717, 1.165) is 26.6 Å². The van der Waals surface area contributed by atoms with Gasteiger partial charge in [0, 0.05) is 28.5 Å². The Bertz CT molecular complexity index is 1070. The number of benzene rings is 2. The Kier molecular flexibility index (Phi) is 5.94. The molecule has 5 nitrogen and oxygen atoms in total. The van der Waals surface area contributed by atoms with Gasteiger partial charge in [-0.25, -0.2) is 13.4 Å². The summed E-state index contributed by atoms with van der Waals surface area (Å²) in [5.74, 6) is 0.818. The minimum absolute atomic E-state index is 0.346. The van der Waals surface area contributed by atoms with Gasteiger partial charge in [0.15, 0.2) is 15.0 Å². The van der Waals surface area contributed by atoms with E-state index in [1.807, 2.05) is 29.6 Å². The smallest absolute Gasteiger partial charge is 0.185 e. The maximum atomic E-state index is 12.9. The molecule has 0 unspecified atom stereocenters. The lowest BCUT2D eigenvalue weighted by Crippen LogP contribution is -2.39. The molecule has 0 spiro atoms. The Labute approximate surface area is 183 Å². The first kappa shape index (κ1) is 20.4. The van der Waals surface area contributed by atoms with Gasteiger partial charge in [0.1, 0.15) is 5.75 Å². The molecule has 4 rings (SSSR count). The predicted octanol–water partition coefficient (Wildman–Crippen LogP) is 5.02. The van der Waals surface area contributed by atoms with Gasteiger partial charge < -0.3 is 9.64 Å². The minimum atomic E-state index is -3.31. The number of hydrogen-bond donors (Lipinski definition) is 0. The highest BCUT2D eigenvalue weighted by Crippen LogP contribution is 2.32. The summed E-state index contributed by atoms with van der Waals surface area (Å²) in [5.41, 5.74) is 1.97. The SMILES string of the molecule is COc1ccc(-c2csc(N3CCC(S(=O)(=O)c4ccc(Br)cc4)CC3)n2)cc1. The third-order valence-electron chi connectivity index (χ3n) is 5.17. The molecule has 0 radical (unpaired) electrons. The maximum Gasteiger partial charge on any atom is 0.185 e. The highest BCUT2D eigenvalue weighted by molar-refractivity contribution is 9.10. The fourth-order valence-corrected chi connectivity index (χ4v) is 6.36. The predicted molar refractivity (Wildman–Crippen MR) is 121 cm³/mol. The van der Waals surface area contributed by atoms with Crippen molar-refractivity contribution in [1.82, 2.24) is 4.98 Å². The van der Waals surface area contributed by atoms with Crippen molar-refractivity contribution in [2.24, 2.45) is 0 Å². The quantitative estimate of drug-likeness (QED) is 0.500. The number of sulfone groups is 1. The Morgan fingerprint density at radius 1 is 1.07 bits per heavy atom. The number of rotatable bonds is 5. The lowest BCUT2D eigenvalue weighted by atomic mass is 10.1. The summed E-state index contributed by atoms with van der Waals surface area (Å²) in [6, 6.07) is 14.7. The maximum absolute atomic E-state index is 12.9. The van der Waals surface area contributed by atoms with Crippen molar-refractivity contribution in [3.8, 4) is 17.0 Å². The van der Waals surface area contributed by atoms with Crippen molar-refractivity contribution in [1.29, 1.82) is 0 Å². The summed E-state index contributed by atoms with van der Waals surface area (Å²) in [5, 5.41) is 2.64. The fraction of sp³-hybridized carbons (Fsp3) is 0.286. The second-order valence-electron chi connectivity index (χ2n) is 6.93. The van der Waals surface area contributed by atoms with Crippen LogP contribution in [0.25, 0.3) is 11.3 Å². The average Bonchev–Trinajstić information content (AvgIpc) is 3.24. The van der Waals surface area contributed by atoms with Crippen LogP contribution in [0.4, 0.5) is 5.13 Å². The van der Waals surface area contributed by atoms with Crippen molar-refractivity contribution in [2.75, 3.05) is 25.1 Å². The molecule has 0 atom stereocenters. The second-order valence-corrected chi connectivity index (χ2v) is 10.9. The number of thiazole rings is 1. The van der Waals surface area contributed by atoms with Crippen LogP contribution < -0.4 is 9.64 Å². The van der Waals surface area contributed by atoms with Crippen LogP contribution in [0.15, 0.2) is 63.3 Å². The third kappa shape index (κ3) is 4.34. The van der Waals surface area contributed by atoms with E-state index in [1.165, 1.54) is 0 Å². The van der Waals surface area contributed by atoms with Gasteiger partial charge in [-0.05, 0) is 61.4 Å². The van der Waals surface area contributed by atoms with E-state index in [0.29, 0.717) is 30.8 Å². The number of methoxy groups -OCH3 is 1. The van der Waals surface area contributed by atoms with Gasteiger partial charge in [-0.3, -0.25) is 0 Å². The van der Waals surface area contributed by atoms with Crippen LogP contribution in [-0.2, 0) is 9.84 Å². The first-order valence-electron chi connectivity index (χ1n) is 9.32. The Morgan fingerprint density at radius 2 is 1.72 bits per heavy atom. The molecule has 1 aliphatic rings. The van der Waals surface area contributed by atoms with E-state index in [-0.39, 0.29) is 5.25 Å². The standard InChI is InChI=1S/C21H21BrN2O3S2/c1-27-17-6-2-15(3-7-17)20-14-28-21(23-20)24-12-10-19(11-13-24)29(25,26)18-8-4-16(22)5-9-18/h2-9,14,19H,10-13H2,1H3. The lowest BCUT2D eigenvalue weighted by Gasteiger charge is -2.31. The van der Waals surface area contributed by atoms with E-state index in [9.17, 15) is 8.42 Å². The number of piperidine rings is 1. The van der Waals surface area contributed by atoms with Gasteiger partial charge in [-0.2, -0.15) is 0 Å². The summed E-state index contributed by atoms with van der Waals surface area (Å²) >= 11 is 4.95. The van der Waals surface area contributed by atoms with Crippen molar-refractivity contribution < 1.29 is 13.2 Å². The largest absolute Gasteiger partial charge is 0.497 e. The Hall–Kier alpha value is -1.90. The molecule has 2 aromatic carbocycles. The average molecular weight is 493 g/mol. The van der Waals surface area contributed by atoms with Crippen LogP contribution >= 0.6 is 27.3 Å². The molecule has 0 amide bonds. The molecule has 2 heterocycles. The molecule has 0 aliphatic carbocycles. The van der Waals surface area contributed by atoms with Gasteiger partial charge in [0.2, 0.25) is 0 Å². The Morgan fingerprint density at radius 3 is 2.34 bits per heavy atom. The number of aromatic nitrogens is 1. The highest BCUT2D eigenvalue weighted by Gasteiger charge is 2.32. The van der Waals surface area contributed by atoms with Gasteiger partial charge in [0.25, 0.3) is 0 Å². The number of anilines is 1. The van der Waals surface area contributed by atoms with E-state index in [4.69, 9.17) is 9.72 Å². The molecule has 8 heteroatoms. The molecule has 1 fully saturated rings.